The van der Waals surface area contributed by atoms with E-state index in [2.05, 4.69) is 35.7 Å². The molecule has 0 saturated carbocycles. The van der Waals surface area contributed by atoms with E-state index in [0.717, 1.165) is 11.4 Å². The van der Waals surface area contributed by atoms with Gasteiger partial charge in [0, 0.05) is 22.7 Å². The summed E-state index contributed by atoms with van der Waals surface area (Å²) in [6.45, 7) is 4.33. The summed E-state index contributed by atoms with van der Waals surface area (Å²) in [6, 6.07) is 4.22. The van der Waals surface area contributed by atoms with Crippen molar-refractivity contribution in [2.75, 3.05) is 0 Å². The van der Waals surface area contributed by atoms with Crippen molar-refractivity contribution in [3.05, 3.63) is 38.5 Å². The number of hydrogen-bond donors (Lipinski definition) is 1. The van der Waals surface area contributed by atoms with Crippen LogP contribution in [0.5, 0.6) is 0 Å². The summed E-state index contributed by atoms with van der Waals surface area (Å²) in [7, 11) is 0. The van der Waals surface area contributed by atoms with Crippen LogP contribution >= 0.6 is 22.7 Å². The van der Waals surface area contributed by atoms with Gasteiger partial charge < -0.3 is 5.73 Å². The first-order valence-electron chi connectivity index (χ1n) is 5.40. The summed E-state index contributed by atoms with van der Waals surface area (Å²) >= 11 is 3.43. The predicted octanol–water partition coefficient (Wildman–Crippen LogP) is 3.57. The predicted molar refractivity (Wildman–Crippen MR) is 71.2 cm³/mol. The molecule has 0 radical (unpaired) electrons. The molecule has 0 amide bonds. The van der Waals surface area contributed by atoms with Crippen molar-refractivity contribution in [3.8, 4) is 0 Å². The Balaban J connectivity index is 2.03. The second-order valence-corrected chi connectivity index (χ2v) is 6.07. The molecule has 86 valence electrons. The summed E-state index contributed by atoms with van der Waals surface area (Å²) < 4.78 is 0. The number of nitrogens with two attached hydrogens (primary N) is 1. The first kappa shape index (κ1) is 11.8. The van der Waals surface area contributed by atoms with Crippen LogP contribution in [0.1, 0.15) is 41.4 Å². The molecular weight excluding hydrogens is 236 g/mol. The molecule has 1 atom stereocenters. The lowest BCUT2D eigenvalue weighted by Crippen LogP contribution is -2.11. The third-order valence-electron chi connectivity index (χ3n) is 2.46. The standard InChI is InChI=1S/C12H16N2S2/c1-8(2)10-7-16-12(14-10)6-9(13)11-4-3-5-15-11/h3-5,7-9H,6,13H2,1-2H3. The Labute approximate surface area is 104 Å². The maximum Gasteiger partial charge on any atom is 0.0947 e. The van der Waals surface area contributed by atoms with Gasteiger partial charge in [-0.25, -0.2) is 4.98 Å². The van der Waals surface area contributed by atoms with Crippen molar-refractivity contribution < 1.29 is 0 Å². The van der Waals surface area contributed by atoms with Gasteiger partial charge in [-0.05, 0) is 17.4 Å². The Kier molecular flexibility index (Phi) is 3.74. The number of thiophene rings is 1. The maximum atomic E-state index is 6.13. The second kappa shape index (κ2) is 5.08. The minimum atomic E-state index is 0.0890. The number of nitrogens with zero attached hydrogens (tertiary/aromatic N) is 1. The molecule has 0 spiro atoms. The van der Waals surface area contributed by atoms with Crippen LogP contribution in [0.15, 0.2) is 22.9 Å². The molecular formula is C12H16N2S2. The Morgan fingerprint density at radius 1 is 1.38 bits per heavy atom. The van der Waals surface area contributed by atoms with E-state index in [1.54, 1.807) is 22.7 Å². The van der Waals surface area contributed by atoms with Gasteiger partial charge >= 0.3 is 0 Å². The van der Waals surface area contributed by atoms with Crippen LogP contribution in [0.4, 0.5) is 0 Å². The summed E-state index contributed by atoms with van der Waals surface area (Å²) in [4.78, 5) is 5.84. The molecule has 0 bridgehead atoms. The van der Waals surface area contributed by atoms with Gasteiger partial charge in [0.05, 0.1) is 10.7 Å². The number of hydrogen-bond acceptors (Lipinski definition) is 4. The van der Waals surface area contributed by atoms with Gasteiger partial charge in [0.2, 0.25) is 0 Å². The van der Waals surface area contributed by atoms with Gasteiger partial charge in [-0.15, -0.1) is 22.7 Å². The lowest BCUT2D eigenvalue weighted by Gasteiger charge is -2.06. The lowest BCUT2D eigenvalue weighted by atomic mass is 10.1. The Morgan fingerprint density at radius 2 is 2.19 bits per heavy atom. The fourth-order valence-corrected chi connectivity index (χ4v) is 3.22. The minimum absolute atomic E-state index is 0.0890. The van der Waals surface area contributed by atoms with Crippen LogP contribution in [-0.4, -0.2) is 4.98 Å². The highest BCUT2D eigenvalue weighted by atomic mass is 32.1. The largest absolute Gasteiger partial charge is 0.323 e. The molecule has 2 heterocycles. The summed E-state index contributed by atoms with van der Waals surface area (Å²) in [5.41, 5.74) is 7.31. The van der Waals surface area contributed by atoms with E-state index in [4.69, 9.17) is 5.73 Å². The molecule has 2 rings (SSSR count). The summed E-state index contributed by atoms with van der Waals surface area (Å²) in [6.07, 6.45) is 0.845. The fraction of sp³-hybridized carbons (Fsp3) is 0.417. The van der Waals surface area contributed by atoms with E-state index in [9.17, 15) is 0 Å². The van der Waals surface area contributed by atoms with Crippen LogP contribution in [-0.2, 0) is 6.42 Å². The first-order valence-corrected chi connectivity index (χ1v) is 7.16. The molecule has 2 aromatic heterocycles. The molecule has 0 aliphatic heterocycles. The highest BCUT2D eigenvalue weighted by Gasteiger charge is 2.11. The van der Waals surface area contributed by atoms with Crippen LogP contribution in [0.2, 0.25) is 0 Å². The normalized spacial score (nSPS) is 13.2. The van der Waals surface area contributed by atoms with Crippen LogP contribution < -0.4 is 5.73 Å². The van der Waals surface area contributed by atoms with Crippen molar-refractivity contribution in [1.29, 1.82) is 0 Å². The highest BCUT2D eigenvalue weighted by molar-refractivity contribution is 7.10. The molecule has 16 heavy (non-hydrogen) atoms. The summed E-state index contributed by atoms with van der Waals surface area (Å²) in [5, 5.41) is 5.35. The van der Waals surface area contributed by atoms with Gasteiger partial charge in [-0.3, -0.25) is 0 Å². The molecule has 0 aliphatic rings. The van der Waals surface area contributed by atoms with Gasteiger partial charge in [-0.2, -0.15) is 0 Å². The number of thiazole rings is 1. The third kappa shape index (κ3) is 2.70. The van der Waals surface area contributed by atoms with Crippen LogP contribution in [0.25, 0.3) is 0 Å². The molecule has 0 saturated heterocycles. The third-order valence-corrected chi connectivity index (χ3v) is 4.36. The number of rotatable bonds is 4. The van der Waals surface area contributed by atoms with Crippen molar-refractivity contribution in [1.82, 2.24) is 4.98 Å². The zero-order valence-electron chi connectivity index (χ0n) is 9.51. The molecule has 0 aliphatic carbocycles. The fourth-order valence-electron chi connectivity index (χ4n) is 1.47. The van der Waals surface area contributed by atoms with Crippen molar-refractivity contribution >= 4 is 22.7 Å². The SMILES string of the molecule is CC(C)c1csc(CC(N)c2cccs2)n1. The maximum absolute atomic E-state index is 6.13. The Hall–Kier alpha value is -0.710. The smallest absolute Gasteiger partial charge is 0.0947 e. The van der Waals surface area contributed by atoms with Crippen molar-refractivity contribution in [2.45, 2.75) is 32.2 Å². The van der Waals surface area contributed by atoms with E-state index in [-0.39, 0.29) is 6.04 Å². The van der Waals surface area contributed by atoms with Gasteiger partial charge in [0.15, 0.2) is 0 Å². The van der Waals surface area contributed by atoms with Gasteiger partial charge in [0.25, 0.3) is 0 Å². The molecule has 2 aromatic rings. The van der Waals surface area contributed by atoms with E-state index < -0.39 is 0 Å². The van der Waals surface area contributed by atoms with E-state index >= 15 is 0 Å². The van der Waals surface area contributed by atoms with Gasteiger partial charge in [-0.1, -0.05) is 19.9 Å². The first-order chi connectivity index (χ1) is 7.66. The average Bonchev–Trinajstić information content (AvgIpc) is 2.87. The molecule has 4 heteroatoms. The van der Waals surface area contributed by atoms with Crippen LogP contribution in [0, 0.1) is 0 Å². The van der Waals surface area contributed by atoms with Crippen molar-refractivity contribution in [2.24, 2.45) is 5.73 Å². The highest BCUT2D eigenvalue weighted by Crippen LogP contribution is 2.24. The zero-order valence-corrected chi connectivity index (χ0v) is 11.1. The molecule has 0 aromatic carbocycles. The Bertz CT molecular complexity index is 432. The molecule has 0 fully saturated rings. The molecule has 1 unspecified atom stereocenters. The lowest BCUT2D eigenvalue weighted by molar-refractivity contribution is 0.723. The topological polar surface area (TPSA) is 38.9 Å². The van der Waals surface area contributed by atoms with Crippen molar-refractivity contribution in [3.63, 3.8) is 0 Å². The quantitative estimate of drug-likeness (QED) is 0.903. The van der Waals surface area contributed by atoms with Crippen LogP contribution in [0.3, 0.4) is 0 Å². The zero-order chi connectivity index (χ0) is 11.5. The van der Waals surface area contributed by atoms with Gasteiger partial charge in [0.1, 0.15) is 0 Å². The minimum Gasteiger partial charge on any atom is -0.323 e. The second-order valence-electron chi connectivity index (χ2n) is 4.15. The number of aromatic nitrogens is 1. The average molecular weight is 252 g/mol. The Morgan fingerprint density at radius 3 is 2.75 bits per heavy atom. The van der Waals surface area contributed by atoms with E-state index in [1.165, 1.54) is 10.6 Å². The van der Waals surface area contributed by atoms with E-state index in [0.29, 0.717) is 5.92 Å². The van der Waals surface area contributed by atoms with E-state index in [1.807, 2.05) is 6.07 Å². The summed E-state index contributed by atoms with van der Waals surface area (Å²) in [5.74, 6) is 0.503. The monoisotopic (exact) mass is 252 g/mol. The molecule has 2 N–H and O–H groups in total. The molecule has 2 nitrogen and oxygen atoms in total.